The van der Waals surface area contributed by atoms with Crippen LogP contribution in [0, 0.1) is 6.92 Å². The summed E-state index contributed by atoms with van der Waals surface area (Å²) >= 11 is 7.28. The highest BCUT2D eigenvalue weighted by molar-refractivity contribution is 7.99. The summed E-state index contributed by atoms with van der Waals surface area (Å²) in [5.74, 6) is -0.384. The highest BCUT2D eigenvalue weighted by Gasteiger charge is 2.15. The van der Waals surface area contributed by atoms with E-state index in [2.05, 4.69) is 25.6 Å². The van der Waals surface area contributed by atoms with E-state index in [0.717, 1.165) is 5.56 Å². The van der Waals surface area contributed by atoms with Gasteiger partial charge in [-0.05, 0) is 36.8 Å². The van der Waals surface area contributed by atoms with Crippen molar-refractivity contribution in [3.63, 3.8) is 0 Å². The van der Waals surface area contributed by atoms with Gasteiger partial charge in [-0.25, -0.2) is 4.79 Å². The summed E-state index contributed by atoms with van der Waals surface area (Å²) < 4.78 is 6.36. The molecule has 0 radical (unpaired) electrons. The maximum Gasteiger partial charge on any atom is 0.339 e. The molecule has 0 saturated carbocycles. The van der Waals surface area contributed by atoms with Gasteiger partial charge in [-0.3, -0.25) is 9.59 Å². The molecule has 33 heavy (non-hydrogen) atoms. The third-order valence-corrected chi connectivity index (χ3v) is 6.05. The molecule has 2 amide bonds. The first-order valence-corrected chi connectivity index (χ1v) is 11.2. The van der Waals surface area contributed by atoms with Crippen molar-refractivity contribution in [3.8, 4) is 0 Å². The van der Waals surface area contributed by atoms with E-state index in [1.807, 2.05) is 25.1 Å². The minimum absolute atomic E-state index is 0.0813. The summed E-state index contributed by atoms with van der Waals surface area (Å²) in [7, 11) is 3.03. The molecule has 0 aliphatic rings. The van der Waals surface area contributed by atoms with Crippen molar-refractivity contribution in [2.24, 2.45) is 7.05 Å². The third kappa shape index (κ3) is 6.11. The number of rotatable bonds is 8. The number of aryl methyl sites for hydroxylation is 1. The fourth-order valence-corrected chi connectivity index (χ4v) is 3.89. The predicted molar refractivity (Wildman–Crippen MR) is 125 cm³/mol. The highest BCUT2D eigenvalue weighted by Crippen LogP contribution is 2.22. The molecule has 0 saturated heterocycles. The van der Waals surface area contributed by atoms with Gasteiger partial charge in [-0.15, -0.1) is 10.2 Å². The molecule has 172 valence electrons. The molecule has 0 fully saturated rings. The van der Waals surface area contributed by atoms with Gasteiger partial charge in [0.2, 0.25) is 5.91 Å². The Hall–Kier alpha value is -3.37. The first-order valence-electron chi connectivity index (χ1n) is 9.82. The van der Waals surface area contributed by atoms with Gasteiger partial charge >= 0.3 is 5.97 Å². The molecule has 1 heterocycles. The molecule has 0 spiro atoms. The number of thioether (sulfide) groups is 1. The molecule has 0 aliphatic carbocycles. The SMILES string of the molecule is COC(=O)c1ccc(NC(=O)CSc2nnc(CNC(=O)c3ccccc3C)n2C)cc1Cl. The van der Waals surface area contributed by atoms with E-state index in [-0.39, 0.29) is 34.7 Å². The van der Waals surface area contributed by atoms with Crippen LogP contribution >= 0.6 is 23.4 Å². The van der Waals surface area contributed by atoms with Crippen LogP contribution in [0.25, 0.3) is 0 Å². The second-order valence-electron chi connectivity index (χ2n) is 6.98. The topological polar surface area (TPSA) is 115 Å². The summed E-state index contributed by atoms with van der Waals surface area (Å²) in [6.07, 6.45) is 0. The smallest absolute Gasteiger partial charge is 0.339 e. The highest BCUT2D eigenvalue weighted by atomic mass is 35.5. The Balaban J connectivity index is 1.53. The fraction of sp³-hybridized carbons (Fsp3) is 0.227. The van der Waals surface area contributed by atoms with Crippen LogP contribution in [0.4, 0.5) is 5.69 Å². The molecule has 0 unspecified atom stereocenters. The van der Waals surface area contributed by atoms with Crippen molar-refractivity contribution in [3.05, 3.63) is 70.0 Å². The Kier molecular flexibility index (Phi) is 8.07. The molecule has 9 nitrogen and oxygen atoms in total. The zero-order chi connectivity index (χ0) is 24.0. The number of carbonyl (C=O) groups is 3. The van der Waals surface area contributed by atoms with Gasteiger partial charge in [0, 0.05) is 18.3 Å². The van der Waals surface area contributed by atoms with E-state index in [1.54, 1.807) is 23.7 Å². The van der Waals surface area contributed by atoms with Crippen molar-refractivity contribution < 1.29 is 19.1 Å². The Bertz CT molecular complexity index is 1200. The molecule has 1 aromatic heterocycles. The summed E-state index contributed by atoms with van der Waals surface area (Å²) in [6.45, 7) is 2.08. The number of methoxy groups -OCH3 is 1. The summed E-state index contributed by atoms with van der Waals surface area (Å²) in [5, 5.41) is 14.4. The van der Waals surface area contributed by atoms with E-state index < -0.39 is 5.97 Å². The fourth-order valence-electron chi connectivity index (χ4n) is 2.90. The molecule has 0 atom stereocenters. The van der Waals surface area contributed by atoms with Crippen LogP contribution < -0.4 is 10.6 Å². The van der Waals surface area contributed by atoms with Crippen molar-refractivity contribution in [2.45, 2.75) is 18.6 Å². The number of benzene rings is 2. The largest absolute Gasteiger partial charge is 0.465 e. The molecule has 11 heteroatoms. The lowest BCUT2D eigenvalue weighted by molar-refractivity contribution is -0.113. The van der Waals surface area contributed by atoms with E-state index in [1.165, 1.54) is 31.0 Å². The molecule has 2 N–H and O–H groups in total. The maximum absolute atomic E-state index is 12.4. The Labute approximate surface area is 199 Å². The summed E-state index contributed by atoms with van der Waals surface area (Å²) in [5.41, 5.74) is 2.16. The Morgan fingerprint density at radius 3 is 2.58 bits per heavy atom. The van der Waals surface area contributed by atoms with Gasteiger partial charge in [0.1, 0.15) is 0 Å². The number of ether oxygens (including phenoxy) is 1. The molecule has 3 rings (SSSR count). The lowest BCUT2D eigenvalue weighted by Crippen LogP contribution is -2.25. The van der Waals surface area contributed by atoms with E-state index in [4.69, 9.17) is 11.6 Å². The number of amides is 2. The van der Waals surface area contributed by atoms with Crippen LogP contribution in [0.5, 0.6) is 0 Å². The summed E-state index contributed by atoms with van der Waals surface area (Å²) in [4.78, 5) is 36.3. The molecular weight excluding hydrogens is 466 g/mol. The van der Waals surface area contributed by atoms with Crippen LogP contribution in [0.3, 0.4) is 0 Å². The minimum atomic E-state index is -0.554. The minimum Gasteiger partial charge on any atom is -0.465 e. The average Bonchev–Trinajstić information content (AvgIpc) is 3.15. The number of nitrogens with zero attached hydrogens (tertiary/aromatic N) is 3. The molecular formula is C22H22ClN5O4S. The zero-order valence-corrected chi connectivity index (χ0v) is 19.8. The van der Waals surface area contributed by atoms with Crippen LogP contribution in [-0.2, 0) is 23.1 Å². The van der Waals surface area contributed by atoms with E-state index >= 15 is 0 Å². The van der Waals surface area contributed by atoms with E-state index in [0.29, 0.717) is 22.2 Å². The van der Waals surface area contributed by atoms with Crippen molar-refractivity contribution in [1.29, 1.82) is 0 Å². The van der Waals surface area contributed by atoms with E-state index in [9.17, 15) is 14.4 Å². The molecule has 0 aliphatic heterocycles. The number of halogens is 1. The van der Waals surface area contributed by atoms with Crippen LogP contribution in [-0.4, -0.2) is 45.4 Å². The molecule has 0 bridgehead atoms. The van der Waals surface area contributed by atoms with Crippen molar-refractivity contribution >= 4 is 46.8 Å². The summed E-state index contributed by atoms with van der Waals surface area (Å²) in [6, 6.07) is 11.9. The zero-order valence-electron chi connectivity index (χ0n) is 18.2. The quantitative estimate of drug-likeness (QED) is 0.370. The third-order valence-electron chi connectivity index (χ3n) is 4.71. The number of carbonyl (C=O) groups excluding carboxylic acids is 3. The van der Waals surface area contributed by atoms with Gasteiger partial charge in [0.05, 0.1) is 30.0 Å². The standard InChI is InChI=1S/C22H22ClN5O4S/c1-13-6-4-5-7-15(13)20(30)24-11-18-26-27-22(28(18)2)33-12-19(29)25-14-8-9-16(17(23)10-14)21(31)32-3/h4-10H,11-12H2,1-3H3,(H,24,30)(H,25,29). The van der Waals surface area contributed by atoms with Crippen LogP contribution in [0.1, 0.15) is 32.1 Å². The molecule has 2 aromatic carbocycles. The monoisotopic (exact) mass is 487 g/mol. The second kappa shape index (κ2) is 11.0. The lowest BCUT2D eigenvalue weighted by atomic mass is 10.1. The Morgan fingerprint density at radius 2 is 1.88 bits per heavy atom. The Morgan fingerprint density at radius 1 is 1.12 bits per heavy atom. The number of esters is 1. The molecule has 3 aromatic rings. The average molecular weight is 488 g/mol. The number of hydrogen-bond donors (Lipinski definition) is 2. The maximum atomic E-state index is 12.4. The lowest BCUT2D eigenvalue weighted by Gasteiger charge is -2.08. The number of aromatic nitrogens is 3. The van der Waals surface area contributed by atoms with Gasteiger partial charge in [-0.2, -0.15) is 0 Å². The number of hydrogen-bond acceptors (Lipinski definition) is 7. The number of anilines is 1. The van der Waals surface area contributed by atoms with Crippen molar-refractivity contribution in [2.75, 3.05) is 18.2 Å². The predicted octanol–water partition coefficient (Wildman–Crippen LogP) is 3.22. The van der Waals surface area contributed by atoms with Gasteiger partial charge < -0.3 is 19.9 Å². The first kappa shape index (κ1) is 24.3. The van der Waals surface area contributed by atoms with Gasteiger partial charge in [0.25, 0.3) is 5.91 Å². The van der Waals surface area contributed by atoms with Gasteiger partial charge in [0.15, 0.2) is 11.0 Å². The second-order valence-corrected chi connectivity index (χ2v) is 8.33. The van der Waals surface area contributed by atoms with Crippen LogP contribution in [0.15, 0.2) is 47.6 Å². The van der Waals surface area contributed by atoms with Gasteiger partial charge in [-0.1, -0.05) is 41.6 Å². The van der Waals surface area contributed by atoms with Crippen LogP contribution in [0.2, 0.25) is 5.02 Å². The van der Waals surface area contributed by atoms with Crippen molar-refractivity contribution in [1.82, 2.24) is 20.1 Å². The first-order chi connectivity index (χ1) is 15.8. The normalized spacial score (nSPS) is 10.5. The number of nitrogens with one attached hydrogen (secondary N) is 2.